The molecule has 0 heterocycles. The third kappa shape index (κ3) is 3.19. The summed E-state index contributed by atoms with van der Waals surface area (Å²) in [7, 11) is -1.36. The van der Waals surface area contributed by atoms with Crippen molar-refractivity contribution >= 4 is 19.8 Å². The van der Waals surface area contributed by atoms with Crippen LogP contribution in [0.4, 0.5) is 8.78 Å². The van der Waals surface area contributed by atoms with Crippen LogP contribution in [0.1, 0.15) is 18.1 Å². The van der Waals surface area contributed by atoms with Crippen molar-refractivity contribution in [1.82, 2.24) is 0 Å². The molecule has 0 saturated heterocycles. The topological polar surface area (TPSA) is 17.1 Å². The molecule has 1 nitrogen and oxygen atoms in total. The molecule has 1 rings (SSSR count). The summed E-state index contributed by atoms with van der Waals surface area (Å²) in [6.45, 7) is 4.88. The fourth-order valence-electron chi connectivity index (χ4n) is 1.39. The molecule has 1 aromatic rings. The van der Waals surface area contributed by atoms with E-state index in [9.17, 15) is 13.6 Å². The Morgan fingerprint density at radius 3 is 2.18 bits per heavy atom. The number of allylic oxidation sites excluding steroid dienone is 2. The summed E-state index contributed by atoms with van der Waals surface area (Å²) < 4.78 is 27.4. The number of halogens is 2. The number of carbonyl (C=O) groups is 1. The van der Waals surface area contributed by atoms with Gasteiger partial charge in [0.15, 0.2) is 0 Å². The highest BCUT2D eigenvalue weighted by Crippen LogP contribution is 2.53. The van der Waals surface area contributed by atoms with Gasteiger partial charge in [0.25, 0.3) is 5.66 Å². The van der Waals surface area contributed by atoms with E-state index in [1.165, 1.54) is 18.2 Å². The van der Waals surface area contributed by atoms with E-state index in [1.807, 2.05) is 0 Å². The molecule has 0 radical (unpaired) electrons. The molecule has 0 spiro atoms. The van der Waals surface area contributed by atoms with Crippen molar-refractivity contribution in [1.29, 1.82) is 0 Å². The van der Waals surface area contributed by atoms with Crippen LogP contribution >= 0.6 is 7.92 Å². The zero-order valence-corrected chi connectivity index (χ0v) is 11.0. The lowest BCUT2D eigenvalue weighted by molar-refractivity contribution is -0.104. The van der Waals surface area contributed by atoms with E-state index in [-0.39, 0.29) is 5.56 Å². The van der Waals surface area contributed by atoms with Crippen LogP contribution in [-0.4, -0.2) is 19.6 Å². The first-order valence-electron chi connectivity index (χ1n) is 5.18. The number of aldehydes is 1. The summed E-state index contributed by atoms with van der Waals surface area (Å²) in [6, 6.07) is 6.11. The molecule has 0 atom stereocenters. The monoisotopic (exact) mass is 256 g/mol. The number of rotatable bonds is 4. The fraction of sp³-hybridized carbons (Fsp3) is 0.308. The normalized spacial score (nSPS) is 12.9. The number of alkyl halides is 2. The first-order valence-corrected chi connectivity index (χ1v) is 7.41. The molecule has 0 N–H and O–H groups in total. The predicted octanol–water partition coefficient (Wildman–Crippen LogP) is 4.08. The van der Waals surface area contributed by atoms with Crippen LogP contribution in [-0.2, 0) is 10.5 Å². The highest BCUT2D eigenvalue weighted by molar-refractivity contribution is 7.56. The molecule has 0 bridgehead atoms. The first kappa shape index (κ1) is 14.0. The number of benzene rings is 1. The summed E-state index contributed by atoms with van der Waals surface area (Å²) in [4.78, 5) is 10.3. The van der Waals surface area contributed by atoms with Gasteiger partial charge in [0.1, 0.15) is 6.29 Å². The van der Waals surface area contributed by atoms with Gasteiger partial charge in [-0.2, -0.15) is 8.78 Å². The minimum Gasteiger partial charge on any atom is -0.299 e. The highest BCUT2D eigenvalue weighted by atomic mass is 31.1. The molecule has 1 aromatic carbocycles. The van der Waals surface area contributed by atoms with Gasteiger partial charge in [0, 0.05) is 5.56 Å². The maximum atomic E-state index is 13.7. The summed E-state index contributed by atoms with van der Waals surface area (Å²) in [5.41, 5.74) is -1.16. The zero-order chi connectivity index (χ0) is 13.1. The largest absolute Gasteiger partial charge is 0.299 e. The molecule has 0 amide bonds. The van der Waals surface area contributed by atoms with Crippen molar-refractivity contribution in [2.75, 3.05) is 13.3 Å². The van der Waals surface area contributed by atoms with Crippen LogP contribution in [0.15, 0.2) is 30.3 Å². The Morgan fingerprint density at radius 2 is 1.76 bits per heavy atom. The molecule has 4 heteroatoms. The third-order valence-electron chi connectivity index (χ3n) is 2.57. The average molecular weight is 256 g/mol. The summed E-state index contributed by atoms with van der Waals surface area (Å²) in [5.74, 6) is 0. The molecule has 0 unspecified atom stereocenters. The van der Waals surface area contributed by atoms with E-state index >= 15 is 0 Å². The maximum absolute atomic E-state index is 13.7. The van der Waals surface area contributed by atoms with Gasteiger partial charge < -0.3 is 0 Å². The van der Waals surface area contributed by atoms with Gasteiger partial charge in [-0.1, -0.05) is 24.3 Å². The Morgan fingerprint density at radius 1 is 1.24 bits per heavy atom. The van der Waals surface area contributed by atoms with Gasteiger partial charge in [-0.15, -0.1) is 0 Å². The van der Waals surface area contributed by atoms with Gasteiger partial charge in [-0.25, -0.2) is 0 Å². The Labute approximate surface area is 101 Å². The quantitative estimate of drug-likeness (QED) is 0.450. The molecule has 0 saturated carbocycles. The Balaban J connectivity index is 3.04. The van der Waals surface area contributed by atoms with Crippen LogP contribution in [0.2, 0.25) is 0 Å². The molecular formula is C13H15F2OP. The van der Waals surface area contributed by atoms with E-state index in [4.69, 9.17) is 0 Å². The van der Waals surface area contributed by atoms with Gasteiger partial charge >= 0.3 is 0 Å². The fourth-order valence-corrected chi connectivity index (χ4v) is 2.06. The average Bonchev–Trinajstić information content (AvgIpc) is 2.29. The van der Waals surface area contributed by atoms with Crippen LogP contribution in [0.3, 0.4) is 0 Å². The second-order valence-electron chi connectivity index (χ2n) is 4.00. The highest BCUT2D eigenvalue weighted by Gasteiger charge is 2.34. The molecular weight excluding hydrogens is 241 g/mol. The summed E-state index contributed by atoms with van der Waals surface area (Å²) in [5, 5.41) is 0. The SMILES string of the molecule is C/C(=C\C=O)c1ccc(C(F)(F)P(C)C)cc1. The lowest BCUT2D eigenvalue weighted by Crippen LogP contribution is -2.09. The van der Waals surface area contributed by atoms with Crippen LogP contribution in [0, 0.1) is 0 Å². The van der Waals surface area contributed by atoms with Gasteiger partial charge in [-0.05, 0) is 45.4 Å². The van der Waals surface area contributed by atoms with Crippen LogP contribution in [0.25, 0.3) is 5.57 Å². The second-order valence-corrected chi connectivity index (χ2v) is 6.35. The zero-order valence-electron chi connectivity index (χ0n) is 10.1. The molecule has 0 aromatic heterocycles. The predicted molar refractivity (Wildman–Crippen MR) is 68.8 cm³/mol. The van der Waals surface area contributed by atoms with Crippen molar-refractivity contribution < 1.29 is 13.6 Å². The lowest BCUT2D eigenvalue weighted by atomic mass is 10.1. The van der Waals surface area contributed by atoms with Crippen molar-refractivity contribution in [3.63, 3.8) is 0 Å². The molecule has 92 valence electrons. The van der Waals surface area contributed by atoms with Crippen LogP contribution < -0.4 is 0 Å². The van der Waals surface area contributed by atoms with E-state index in [0.29, 0.717) is 6.29 Å². The number of hydrogen-bond donors (Lipinski definition) is 0. The minimum atomic E-state index is -2.75. The van der Waals surface area contributed by atoms with Crippen molar-refractivity contribution in [2.45, 2.75) is 12.6 Å². The van der Waals surface area contributed by atoms with Gasteiger partial charge in [-0.3, -0.25) is 4.79 Å². The van der Waals surface area contributed by atoms with E-state index in [1.54, 1.807) is 32.4 Å². The van der Waals surface area contributed by atoms with E-state index in [2.05, 4.69) is 0 Å². The van der Waals surface area contributed by atoms with Crippen molar-refractivity contribution in [2.24, 2.45) is 0 Å². The lowest BCUT2D eigenvalue weighted by Gasteiger charge is -2.21. The van der Waals surface area contributed by atoms with E-state index < -0.39 is 13.6 Å². The Bertz CT molecular complexity index is 422. The molecule has 0 aliphatic rings. The maximum Gasteiger partial charge on any atom is 0.288 e. The van der Waals surface area contributed by atoms with Crippen molar-refractivity contribution in [3.05, 3.63) is 41.5 Å². The standard InChI is InChI=1S/C13H15F2OP/c1-10(8-9-16)11-4-6-12(7-5-11)13(14,15)17(2)3/h4-9H,1-3H3/b10-8+. The smallest absolute Gasteiger partial charge is 0.288 e. The first-order chi connectivity index (χ1) is 7.89. The van der Waals surface area contributed by atoms with Gasteiger partial charge in [0.2, 0.25) is 0 Å². The van der Waals surface area contributed by atoms with Crippen LogP contribution in [0.5, 0.6) is 0 Å². The molecule has 0 aliphatic heterocycles. The molecule has 17 heavy (non-hydrogen) atoms. The summed E-state index contributed by atoms with van der Waals surface area (Å²) in [6.07, 6.45) is 2.11. The number of hydrogen-bond acceptors (Lipinski definition) is 1. The minimum absolute atomic E-state index is 0.0382. The van der Waals surface area contributed by atoms with E-state index in [0.717, 1.165) is 11.1 Å². The number of carbonyl (C=O) groups excluding carboxylic acids is 1. The second kappa shape index (κ2) is 5.50. The molecule has 0 fully saturated rings. The molecule has 0 aliphatic carbocycles. The summed E-state index contributed by atoms with van der Waals surface area (Å²) >= 11 is 0. The third-order valence-corrected chi connectivity index (χ3v) is 3.95. The Hall–Kier alpha value is -1.08. The van der Waals surface area contributed by atoms with Crippen molar-refractivity contribution in [3.8, 4) is 0 Å². The van der Waals surface area contributed by atoms with Gasteiger partial charge in [0.05, 0.1) is 0 Å². The Kier molecular flexibility index (Phi) is 4.53.